The molecule has 102 valence electrons. The molecule has 1 atom stereocenters. The molecule has 3 rings (SSSR count). The number of aromatic nitrogens is 1. The largest absolute Gasteiger partial charge is 0.478 e. The van der Waals surface area contributed by atoms with E-state index in [4.69, 9.17) is 4.74 Å². The monoisotopic (exact) mass is 274 g/mol. The van der Waals surface area contributed by atoms with Gasteiger partial charge in [-0.2, -0.15) is 0 Å². The Labute approximate surface area is 113 Å². The van der Waals surface area contributed by atoms with Gasteiger partial charge in [0.05, 0.1) is 16.3 Å². The zero-order valence-electron chi connectivity index (χ0n) is 10.4. The van der Waals surface area contributed by atoms with Crippen LogP contribution in [0.3, 0.4) is 0 Å². The molecule has 1 aromatic heterocycles. The highest BCUT2D eigenvalue weighted by molar-refractivity contribution is 5.80. The SMILES string of the molecule is CC1(C(=O)O)Oc2ccc([N+](=O)[O-])cc2-n2cccc21. The van der Waals surface area contributed by atoms with Crippen molar-refractivity contribution < 1.29 is 19.6 Å². The van der Waals surface area contributed by atoms with Crippen molar-refractivity contribution in [1.29, 1.82) is 0 Å². The number of carboxylic acid groups (broad SMARTS) is 1. The highest BCUT2D eigenvalue weighted by Gasteiger charge is 2.44. The van der Waals surface area contributed by atoms with Crippen molar-refractivity contribution in [2.24, 2.45) is 0 Å². The molecule has 0 aliphatic carbocycles. The number of fused-ring (bicyclic) bond motifs is 3. The number of carboxylic acids is 1. The molecule has 0 bridgehead atoms. The van der Waals surface area contributed by atoms with Crippen molar-refractivity contribution in [3.63, 3.8) is 0 Å². The second-order valence-corrected chi connectivity index (χ2v) is 4.61. The number of nitro groups is 1. The summed E-state index contributed by atoms with van der Waals surface area (Å²) in [6, 6.07) is 7.36. The molecule has 0 fully saturated rings. The molecule has 1 aromatic carbocycles. The van der Waals surface area contributed by atoms with Gasteiger partial charge in [0.25, 0.3) is 5.69 Å². The van der Waals surface area contributed by atoms with Gasteiger partial charge >= 0.3 is 5.97 Å². The molecule has 0 radical (unpaired) electrons. The van der Waals surface area contributed by atoms with Crippen LogP contribution in [0.5, 0.6) is 5.75 Å². The van der Waals surface area contributed by atoms with Crippen LogP contribution in [-0.2, 0) is 10.4 Å². The summed E-state index contributed by atoms with van der Waals surface area (Å²) in [7, 11) is 0. The number of nitro benzene ring substituents is 1. The molecular formula is C13H10N2O5. The van der Waals surface area contributed by atoms with E-state index >= 15 is 0 Å². The first-order valence-electron chi connectivity index (χ1n) is 5.82. The lowest BCUT2D eigenvalue weighted by atomic mass is 10.00. The van der Waals surface area contributed by atoms with Crippen molar-refractivity contribution in [3.05, 3.63) is 52.3 Å². The molecule has 0 spiro atoms. The molecule has 1 unspecified atom stereocenters. The van der Waals surface area contributed by atoms with Crippen LogP contribution in [0.4, 0.5) is 5.69 Å². The van der Waals surface area contributed by atoms with Crippen LogP contribution < -0.4 is 4.74 Å². The highest BCUT2D eigenvalue weighted by atomic mass is 16.6. The Morgan fingerprint density at radius 3 is 2.85 bits per heavy atom. The van der Waals surface area contributed by atoms with Gasteiger partial charge in [0.15, 0.2) is 0 Å². The van der Waals surface area contributed by atoms with E-state index in [2.05, 4.69) is 0 Å². The summed E-state index contributed by atoms with van der Waals surface area (Å²) in [4.78, 5) is 21.8. The van der Waals surface area contributed by atoms with Crippen LogP contribution in [0.25, 0.3) is 5.69 Å². The molecule has 0 saturated heterocycles. The first-order valence-corrected chi connectivity index (χ1v) is 5.82. The third kappa shape index (κ3) is 1.49. The van der Waals surface area contributed by atoms with Gasteiger partial charge in [0.2, 0.25) is 5.60 Å². The highest BCUT2D eigenvalue weighted by Crippen LogP contribution is 2.40. The molecule has 2 aromatic rings. The van der Waals surface area contributed by atoms with Crippen LogP contribution in [-0.4, -0.2) is 20.6 Å². The van der Waals surface area contributed by atoms with Gasteiger partial charge in [-0.05, 0) is 25.1 Å². The standard InChI is InChI=1S/C13H10N2O5/c1-13(12(16)17)11-3-2-6-14(11)9-7-8(15(18)19)4-5-10(9)20-13/h2-7H,1H3,(H,16,17). The lowest BCUT2D eigenvalue weighted by Crippen LogP contribution is -2.42. The quantitative estimate of drug-likeness (QED) is 0.668. The second kappa shape index (κ2) is 3.83. The Balaban J connectivity index is 2.25. The molecule has 7 nitrogen and oxygen atoms in total. The smallest absolute Gasteiger partial charge is 0.354 e. The summed E-state index contributed by atoms with van der Waals surface area (Å²) in [6.07, 6.45) is 1.65. The minimum absolute atomic E-state index is 0.0778. The van der Waals surface area contributed by atoms with Gasteiger partial charge < -0.3 is 14.4 Å². The maximum atomic E-state index is 11.5. The first kappa shape index (κ1) is 12.2. The predicted octanol–water partition coefficient (Wildman–Crippen LogP) is 2.08. The van der Waals surface area contributed by atoms with Gasteiger partial charge in [0, 0.05) is 18.3 Å². The summed E-state index contributed by atoms with van der Waals surface area (Å²) >= 11 is 0. The number of non-ortho nitro benzene ring substituents is 1. The Morgan fingerprint density at radius 2 is 2.20 bits per heavy atom. The van der Waals surface area contributed by atoms with E-state index < -0.39 is 16.5 Å². The third-order valence-corrected chi connectivity index (χ3v) is 3.37. The Hall–Kier alpha value is -2.83. The molecule has 1 N–H and O–H groups in total. The van der Waals surface area contributed by atoms with E-state index in [1.165, 1.54) is 25.1 Å². The van der Waals surface area contributed by atoms with Crippen molar-refractivity contribution in [2.45, 2.75) is 12.5 Å². The van der Waals surface area contributed by atoms with Crippen LogP contribution >= 0.6 is 0 Å². The second-order valence-electron chi connectivity index (χ2n) is 4.61. The van der Waals surface area contributed by atoms with Crippen LogP contribution in [0.1, 0.15) is 12.6 Å². The van der Waals surface area contributed by atoms with E-state index in [1.54, 1.807) is 22.9 Å². The van der Waals surface area contributed by atoms with Crippen molar-refractivity contribution in [3.8, 4) is 11.4 Å². The summed E-state index contributed by atoms with van der Waals surface area (Å²) in [5.41, 5.74) is -0.728. The zero-order valence-corrected chi connectivity index (χ0v) is 10.4. The molecule has 0 amide bonds. The molecule has 20 heavy (non-hydrogen) atoms. The normalized spacial score (nSPS) is 19.6. The van der Waals surface area contributed by atoms with Crippen LogP contribution in [0, 0.1) is 10.1 Å². The first-order chi connectivity index (χ1) is 9.43. The zero-order chi connectivity index (χ0) is 14.5. The fourth-order valence-electron chi connectivity index (χ4n) is 2.30. The summed E-state index contributed by atoms with van der Waals surface area (Å²) in [5.74, 6) is -0.828. The van der Waals surface area contributed by atoms with Crippen molar-refractivity contribution in [1.82, 2.24) is 4.57 Å². The number of hydrogen-bond donors (Lipinski definition) is 1. The van der Waals surface area contributed by atoms with Crippen molar-refractivity contribution >= 4 is 11.7 Å². The van der Waals surface area contributed by atoms with Gasteiger partial charge in [0.1, 0.15) is 5.75 Å². The van der Waals surface area contributed by atoms with E-state index in [-0.39, 0.29) is 5.69 Å². The average molecular weight is 274 g/mol. The number of ether oxygens (including phenoxy) is 1. The minimum atomic E-state index is -1.52. The lowest BCUT2D eigenvalue weighted by molar-refractivity contribution is -0.384. The molecule has 0 saturated carbocycles. The minimum Gasteiger partial charge on any atom is -0.478 e. The number of hydrogen-bond acceptors (Lipinski definition) is 4. The molecule has 2 heterocycles. The van der Waals surface area contributed by atoms with Gasteiger partial charge in [-0.3, -0.25) is 10.1 Å². The van der Waals surface area contributed by atoms with Crippen LogP contribution in [0.2, 0.25) is 0 Å². The van der Waals surface area contributed by atoms with E-state index in [9.17, 15) is 20.0 Å². The summed E-state index contributed by atoms with van der Waals surface area (Å²) in [5, 5.41) is 20.2. The Kier molecular flexibility index (Phi) is 2.34. The topological polar surface area (TPSA) is 94.6 Å². The van der Waals surface area contributed by atoms with Gasteiger partial charge in [-0.25, -0.2) is 4.79 Å². The van der Waals surface area contributed by atoms with E-state index in [0.717, 1.165) is 0 Å². The maximum Gasteiger partial charge on any atom is 0.354 e. The maximum absolute atomic E-state index is 11.5. The van der Waals surface area contributed by atoms with Crippen LogP contribution in [0.15, 0.2) is 36.5 Å². The summed E-state index contributed by atoms with van der Waals surface area (Å²) < 4.78 is 7.15. The van der Waals surface area contributed by atoms with Gasteiger partial charge in [-0.15, -0.1) is 0 Å². The lowest BCUT2D eigenvalue weighted by Gasteiger charge is -2.33. The number of benzene rings is 1. The molecule has 1 aliphatic rings. The molecule has 1 aliphatic heterocycles. The third-order valence-electron chi connectivity index (χ3n) is 3.37. The Bertz CT molecular complexity index is 736. The number of rotatable bonds is 2. The number of aliphatic carboxylic acids is 1. The fraction of sp³-hybridized carbons (Fsp3) is 0.154. The predicted molar refractivity (Wildman–Crippen MR) is 68.0 cm³/mol. The Morgan fingerprint density at radius 1 is 1.45 bits per heavy atom. The number of nitrogens with zero attached hydrogens (tertiary/aromatic N) is 2. The van der Waals surface area contributed by atoms with E-state index in [0.29, 0.717) is 17.1 Å². The van der Waals surface area contributed by atoms with E-state index in [1.807, 2.05) is 0 Å². The fourth-order valence-corrected chi connectivity index (χ4v) is 2.30. The number of carbonyl (C=O) groups is 1. The van der Waals surface area contributed by atoms with Crippen molar-refractivity contribution in [2.75, 3.05) is 0 Å². The molecular weight excluding hydrogens is 264 g/mol. The van der Waals surface area contributed by atoms with Gasteiger partial charge in [-0.1, -0.05) is 0 Å². The molecule has 7 heteroatoms. The summed E-state index contributed by atoms with van der Waals surface area (Å²) in [6.45, 7) is 1.45. The average Bonchev–Trinajstić information content (AvgIpc) is 2.88.